The second kappa shape index (κ2) is 9.57. The Bertz CT molecular complexity index is 335. The van der Waals surface area contributed by atoms with Gasteiger partial charge in [0.1, 0.15) is 12.6 Å². The topological polar surface area (TPSA) is 63.2 Å². The zero-order valence-electron chi connectivity index (χ0n) is 13.6. The maximum absolute atomic E-state index is 12.2. The van der Waals surface area contributed by atoms with Crippen molar-refractivity contribution in [2.45, 2.75) is 38.4 Å². The third-order valence-corrected chi connectivity index (χ3v) is 4.47. The number of ketones is 1. The Morgan fingerprint density at radius 2 is 1.73 bits per heavy atom. The lowest BCUT2D eigenvalue weighted by Crippen LogP contribution is -2.42. The highest BCUT2D eigenvalue weighted by Gasteiger charge is 2.43. The predicted octanol–water partition coefficient (Wildman–Crippen LogP) is 1.41. The van der Waals surface area contributed by atoms with Crippen molar-refractivity contribution in [2.24, 2.45) is 11.8 Å². The van der Waals surface area contributed by atoms with E-state index >= 15 is 0 Å². The SMILES string of the molecule is CCC(=O)C1CC2OCOC2CC1COCCOCCOC. The summed E-state index contributed by atoms with van der Waals surface area (Å²) < 4.78 is 27.1. The Morgan fingerprint density at radius 1 is 1.05 bits per heavy atom. The van der Waals surface area contributed by atoms with Crippen LogP contribution in [-0.2, 0) is 28.5 Å². The molecule has 1 saturated heterocycles. The van der Waals surface area contributed by atoms with Crippen LogP contribution in [0.1, 0.15) is 26.2 Å². The van der Waals surface area contributed by atoms with Crippen molar-refractivity contribution in [1.29, 1.82) is 0 Å². The first-order valence-electron chi connectivity index (χ1n) is 8.16. The minimum absolute atomic E-state index is 0.0300. The first-order chi connectivity index (χ1) is 10.8. The summed E-state index contributed by atoms with van der Waals surface area (Å²) in [5.74, 6) is 0.552. The van der Waals surface area contributed by atoms with Crippen LogP contribution >= 0.6 is 0 Å². The van der Waals surface area contributed by atoms with Crippen LogP contribution in [0, 0.1) is 11.8 Å². The Labute approximate surface area is 132 Å². The Morgan fingerprint density at radius 3 is 2.45 bits per heavy atom. The molecule has 0 aromatic heterocycles. The quantitative estimate of drug-likeness (QED) is 0.568. The predicted molar refractivity (Wildman–Crippen MR) is 79.6 cm³/mol. The van der Waals surface area contributed by atoms with Crippen LogP contribution in [0.5, 0.6) is 0 Å². The molecule has 0 bridgehead atoms. The summed E-state index contributed by atoms with van der Waals surface area (Å²) in [5.41, 5.74) is 0. The molecule has 0 N–H and O–H groups in total. The minimum Gasteiger partial charge on any atom is -0.382 e. The zero-order chi connectivity index (χ0) is 15.8. The normalized spacial score (nSPS) is 31.2. The van der Waals surface area contributed by atoms with E-state index in [4.69, 9.17) is 23.7 Å². The summed E-state index contributed by atoms with van der Waals surface area (Å²) in [4.78, 5) is 12.2. The van der Waals surface area contributed by atoms with Gasteiger partial charge in [-0.05, 0) is 18.8 Å². The number of hydrogen-bond donors (Lipinski definition) is 0. The van der Waals surface area contributed by atoms with E-state index in [1.54, 1.807) is 7.11 Å². The van der Waals surface area contributed by atoms with Gasteiger partial charge in [0.05, 0.1) is 45.2 Å². The van der Waals surface area contributed by atoms with Gasteiger partial charge in [-0.3, -0.25) is 4.79 Å². The van der Waals surface area contributed by atoms with Crippen LogP contribution in [0.4, 0.5) is 0 Å². The summed E-state index contributed by atoms with van der Waals surface area (Å²) in [6.45, 7) is 5.11. The fourth-order valence-corrected chi connectivity index (χ4v) is 3.21. The lowest BCUT2D eigenvalue weighted by Gasteiger charge is -2.35. The molecule has 22 heavy (non-hydrogen) atoms. The van der Waals surface area contributed by atoms with Gasteiger partial charge in [0.25, 0.3) is 0 Å². The highest BCUT2D eigenvalue weighted by Crippen LogP contribution is 2.37. The van der Waals surface area contributed by atoms with Crippen LogP contribution in [0.15, 0.2) is 0 Å². The molecule has 6 heteroatoms. The van der Waals surface area contributed by atoms with E-state index in [1.165, 1.54) is 0 Å². The van der Waals surface area contributed by atoms with Gasteiger partial charge in [-0.2, -0.15) is 0 Å². The van der Waals surface area contributed by atoms with Gasteiger partial charge in [0, 0.05) is 19.4 Å². The number of carbonyl (C=O) groups is 1. The van der Waals surface area contributed by atoms with Crippen LogP contribution in [0.3, 0.4) is 0 Å². The van der Waals surface area contributed by atoms with Crippen molar-refractivity contribution in [3.05, 3.63) is 0 Å². The van der Waals surface area contributed by atoms with Gasteiger partial charge in [0.15, 0.2) is 0 Å². The summed E-state index contributed by atoms with van der Waals surface area (Å²) >= 11 is 0. The van der Waals surface area contributed by atoms with Gasteiger partial charge >= 0.3 is 0 Å². The van der Waals surface area contributed by atoms with Crippen molar-refractivity contribution < 1.29 is 28.5 Å². The highest BCUT2D eigenvalue weighted by atomic mass is 16.7. The number of methoxy groups -OCH3 is 1. The number of ether oxygens (including phenoxy) is 5. The summed E-state index contributed by atoms with van der Waals surface area (Å²) in [7, 11) is 1.65. The van der Waals surface area contributed by atoms with Crippen molar-refractivity contribution in [3.63, 3.8) is 0 Å². The Kier molecular flexibility index (Phi) is 7.75. The summed E-state index contributed by atoms with van der Waals surface area (Å²) in [6, 6.07) is 0. The smallest absolute Gasteiger partial charge is 0.147 e. The molecule has 0 radical (unpaired) electrons. The van der Waals surface area contributed by atoms with Gasteiger partial charge in [-0.15, -0.1) is 0 Å². The number of fused-ring (bicyclic) bond motifs is 1. The molecule has 2 aliphatic rings. The third kappa shape index (κ3) is 4.99. The van der Waals surface area contributed by atoms with Crippen molar-refractivity contribution >= 4 is 5.78 Å². The van der Waals surface area contributed by atoms with E-state index in [-0.39, 0.29) is 24.0 Å². The molecule has 0 amide bonds. The second-order valence-electron chi connectivity index (χ2n) is 5.87. The highest BCUT2D eigenvalue weighted by molar-refractivity contribution is 5.81. The van der Waals surface area contributed by atoms with E-state index in [9.17, 15) is 4.79 Å². The maximum Gasteiger partial charge on any atom is 0.147 e. The molecule has 0 aromatic rings. The zero-order valence-corrected chi connectivity index (χ0v) is 13.6. The number of carbonyl (C=O) groups excluding carboxylic acids is 1. The van der Waals surface area contributed by atoms with E-state index in [0.29, 0.717) is 52.0 Å². The average molecular weight is 316 g/mol. The molecule has 1 aliphatic carbocycles. The second-order valence-corrected chi connectivity index (χ2v) is 5.87. The molecule has 4 unspecified atom stereocenters. The van der Waals surface area contributed by atoms with Crippen LogP contribution in [0.25, 0.3) is 0 Å². The molecular formula is C16H28O6. The lowest BCUT2D eigenvalue weighted by molar-refractivity contribution is -0.129. The number of rotatable bonds is 10. The van der Waals surface area contributed by atoms with Crippen LogP contribution in [0.2, 0.25) is 0 Å². The van der Waals surface area contributed by atoms with Crippen molar-refractivity contribution in [2.75, 3.05) is 46.9 Å². The fraction of sp³-hybridized carbons (Fsp3) is 0.938. The average Bonchev–Trinajstić information content (AvgIpc) is 2.99. The first kappa shape index (κ1) is 17.8. The number of Topliss-reactive ketones (excluding diaryl/α,β-unsaturated/α-hetero) is 1. The molecular weight excluding hydrogens is 288 g/mol. The maximum atomic E-state index is 12.2. The monoisotopic (exact) mass is 316 g/mol. The summed E-state index contributed by atoms with van der Waals surface area (Å²) in [5, 5.41) is 0. The van der Waals surface area contributed by atoms with E-state index < -0.39 is 0 Å². The van der Waals surface area contributed by atoms with E-state index in [2.05, 4.69) is 0 Å². The summed E-state index contributed by atoms with van der Waals surface area (Å²) in [6.07, 6.45) is 2.36. The largest absolute Gasteiger partial charge is 0.382 e. The number of hydrogen-bond acceptors (Lipinski definition) is 6. The van der Waals surface area contributed by atoms with Crippen LogP contribution < -0.4 is 0 Å². The van der Waals surface area contributed by atoms with E-state index in [1.807, 2.05) is 6.92 Å². The van der Waals surface area contributed by atoms with Gasteiger partial charge in [-0.1, -0.05) is 6.92 Å². The molecule has 1 aliphatic heterocycles. The van der Waals surface area contributed by atoms with Gasteiger partial charge < -0.3 is 23.7 Å². The van der Waals surface area contributed by atoms with Crippen LogP contribution in [-0.4, -0.2) is 64.9 Å². The first-order valence-corrected chi connectivity index (χ1v) is 8.16. The molecule has 6 nitrogen and oxygen atoms in total. The van der Waals surface area contributed by atoms with E-state index in [0.717, 1.165) is 12.8 Å². The molecule has 0 aromatic carbocycles. The Balaban J connectivity index is 1.72. The molecule has 0 spiro atoms. The lowest BCUT2D eigenvalue weighted by atomic mass is 9.74. The minimum atomic E-state index is 0.0300. The molecule has 128 valence electrons. The van der Waals surface area contributed by atoms with Gasteiger partial charge in [-0.25, -0.2) is 0 Å². The Hall–Kier alpha value is -0.530. The molecule has 2 fully saturated rings. The molecule has 1 heterocycles. The van der Waals surface area contributed by atoms with Crippen molar-refractivity contribution in [3.8, 4) is 0 Å². The molecule has 2 rings (SSSR count). The standard InChI is InChI=1S/C16H28O6/c1-3-14(17)13-9-16-15(21-11-22-16)8-12(13)10-20-7-6-19-5-4-18-2/h12-13,15-16H,3-11H2,1-2H3. The fourth-order valence-electron chi connectivity index (χ4n) is 3.21. The molecule has 1 saturated carbocycles. The molecule has 4 atom stereocenters. The van der Waals surface area contributed by atoms with Crippen molar-refractivity contribution in [1.82, 2.24) is 0 Å². The third-order valence-electron chi connectivity index (χ3n) is 4.47. The van der Waals surface area contributed by atoms with Gasteiger partial charge in [0.2, 0.25) is 0 Å².